The molecule has 0 aliphatic rings. The van der Waals surface area contributed by atoms with E-state index >= 15 is 0 Å². The van der Waals surface area contributed by atoms with Crippen LogP contribution >= 0.6 is 0 Å². The van der Waals surface area contributed by atoms with Crippen LogP contribution in [0, 0.1) is 0 Å². The van der Waals surface area contributed by atoms with Crippen molar-refractivity contribution in [3.8, 4) is 0 Å². The van der Waals surface area contributed by atoms with Gasteiger partial charge in [-0.15, -0.1) is 0 Å². The van der Waals surface area contributed by atoms with Crippen LogP contribution in [0.15, 0.2) is 36.4 Å². The second-order valence-corrected chi connectivity index (χ2v) is 6.18. The third kappa shape index (κ3) is 7.51. The van der Waals surface area contributed by atoms with Crippen LogP contribution in [0.5, 0.6) is 0 Å². The zero-order chi connectivity index (χ0) is 19.6. The van der Waals surface area contributed by atoms with Gasteiger partial charge in [0.1, 0.15) is 11.6 Å². The normalized spacial score (nSPS) is 10.7. The van der Waals surface area contributed by atoms with E-state index in [1.807, 2.05) is 24.3 Å². The number of nitrogens with zero attached hydrogens (tertiary/aromatic N) is 3. The quantitative estimate of drug-likeness (QED) is 0.620. The number of aliphatic hydroxyl groups excluding tert-OH is 1. The number of aliphatic hydroxyl groups is 1. The van der Waals surface area contributed by atoms with E-state index in [9.17, 15) is 14.7 Å². The molecule has 0 radical (unpaired) electrons. The molecule has 8 heteroatoms. The van der Waals surface area contributed by atoms with Crippen molar-refractivity contribution in [1.29, 1.82) is 0 Å². The van der Waals surface area contributed by atoms with Crippen LogP contribution in [0.3, 0.4) is 0 Å². The zero-order valence-electron chi connectivity index (χ0n) is 15.6. The van der Waals surface area contributed by atoms with Crippen LogP contribution in [0.2, 0.25) is 0 Å². The Kier molecular flexibility index (Phi) is 7.84. The van der Waals surface area contributed by atoms with Crippen LogP contribution < -0.4 is 10.6 Å². The summed E-state index contributed by atoms with van der Waals surface area (Å²) >= 11 is 0. The van der Waals surface area contributed by atoms with Crippen molar-refractivity contribution in [3.63, 3.8) is 0 Å². The van der Waals surface area contributed by atoms with E-state index < -0.39 is 0 Å². The first-order valence-electron chi connectivity index (χ1n) is 8.76. The first-order chi connectivity index (χ1) is 13.0. The number of carbonyl (C=O) groups is 2. The highest BCUT2D eigenvalue weighted by molar-refractivity contribution is 5.87. The van der Waals surface area contributed by atoms with E-state index in [1.165, 1.54) is 13.8 Å². The monoisotopic (exact) mass is 371 g/mol. The lowest BCUT2D eigenvalue weighted by molar-refractivity contribution is -0.115. The predicted octanol–water partition coefficient (Wildman–Crippen LogP) is 1.78. The molecule has 27 heavy (non-hydrogen) atoms. The maximum Gasteiger partial charge on any atom is 0.222 e. The van der Waals surface area contributed by atoms with Crippen molar-refractivity contribution >= 4 is 23.5 Å². The fourth-order valence-corrected chi connectivity index (χ4v) is 2.60. The van der Waals surface area contributed by atoms with E-state index in [1.54, 1.807) is 12.1 Å². The summed E-state index contributed by atoms with van der Waals surface area (Å²) in [6, 6.07) is 10.9. The number of aromatic nitrogens is 2. The van der Waals surface area contributed by atoms with E-state index in [0.717, 1.165) is 11.4 Å². The van der Waals surface area contributed by atoms with Crippen molar-refractivity contribution in [2.75, 3.05) is 23.8 Å². The fraction of sp³-hybridized carbons (Fsp3) is 0.368. The minimum Gasteiger partial charge on any atom is -0.396 e. The number of hydrogen-bond donors (Lipinski definition) is 3. The topological polar surface area (TPSA) is 107 Å². The Morgan fingerprint density at radius 2 is 1.41 bits per heavy atom. The third-order valence-electron chi connectivity index (χ3n) is 3.63. The molecule has 144 valence electrons. The molecule has 2 aromatic rings. The van der Waals surface area contributed by atoms with E-state index in [-0.39, 0.29) is 18.4 Å². The maximum atomic E-state index is 11.2. The van der Waals surface area contributed by atoms with Crippen LogP contribution in [0.1, 0.15) is 31.7 Å². The van der Waals surface area contributed by atoms with Crippen LogP contribution in [-0.2, 0) is 22.7 Å². The molecule has 2 heterocycles. The lowest BCUT2D eigenvalue weighted by Crippen LogP contribution is -2.26. The number of rotatable bonds is 9. The van der Waals surface area contributed by atoms with E-state index in [0.29, 0.717) is 37.7 Å². The van der Waals surface area contributed by atoms with Crippen LogP contribution in [0.25, 0.3) is 0 Å². The minimum absolute atomic E-state index is 0.0925. The lowest BCUT2D eigenvalue weighted by Gasteiger charge is -2.21. The number of carbonyl (C=O) groups excluding carboxylic acids is 2. The Morgan fingerprint density at radius 3 is 1.81 bits per heavy atom. The third-order valence-corrected chi connectivity index (χ3v) is 3.63. The van der Waals surface area contributed by atoms with Crippen molar-refractivity contribution in [2.45, 2.75) is 33.4 Å². The molecule has 0 saturated heterocycles. The first-order valence-corrected chi connectivity index (χ1v) is 8.76. The van der Waals surface area contributed by atoms with E-state index in [2.05, 4.69) is 25.5 Å². The Morgan fingerprint density at radius 1 is 0.926 bits per heavy atom. The molecule has 0 aliphatic heterocycles. The highest BCUT2D eigenvalue weighted by Crippen LogP contribution is 2.12. The van der Waals surface area contributed by atoms with Gasteiger partial charge >= 0.3 is 0 Å². The summed E-state index contributed by atoms with van der Waals surface area (Å²) in [7, 11) is 0. The molecule has 0 bridgehead atoms. The summed E-state index contributed by atoms with van der Waals surface area (Å²) in [5.41, 5.74) is 1.61. The Balaban J connectivity index is 2.11. The Bertz CT molecular complexity index is 720. The number of nitrogens with one attached hydrogen (secondary N) is 2. The average molecular weight is 371 g/mol. The molecule has 0 aromatic carbocycles. The van der Waals surface area contributed by atoms with Gasteiger partial charge in [-0.1, -0.05) is 12.1 Å². The smallest absolute Gasteiger partial charge is 0.222 e. The van der Waals surface area contributed by atoms with Crippen LogP contribution in [0.4, 0.5) is 11.6 Å². The average Bonchev–Trinajstić information content (AvgIpc) is 2.59. The summed E-state index contributed by atoms with van der Waals surface area (Å²) in [6.07, 6.45) is 0.622. The van der Waals surface area contributed by atoms with Gasteiger partial charge < -0.3 is 15.7 Å². The molecule has 2 rings (SSSR count). The molecule has 2 aromatic heterocycles. The zero-order valence-corrected chi connectivity index (χ0v) is 15.6. The molecule has 3 N–H and O–H groups in total. The number of amides is 2. The van der Waals surface area contributed by atoms with Gasteiger partial charge in [0.05, 0.1) is 11.4 Å². The van der Waals surface area contributed by atoms with Crippen molar-refractivity contribution in [2.24, 2.45) is 0 Å². The molecule has 0 spiro atoms. The fourth-order valence-electron chi connectivity index (χ4n) is 2.60. The van der Waals surface area contributed by atoms with Crippen molar-refractivity contribution in [1.82, 2.24) is 14.9 Å². The van der Waals surface area contributed by atoms with Gasteiger partial charge in [0, 0.05) is 40.1 Å². The SMILES string of the molecule is CC(=O)Nc1cccc(CN(CCCO)Cc2cccc(NC(C)=O)n2)n1. The number of anilines is 2. The van der Waals surface area contributed by atoms with Gasteiger partial charge in [0.2, 0.25) is 11.8 Å². The molecule has 0 aliphatic carbocycles. The van der Waals surface area contributed by atoms with Crippen molar-refractivity contribution < 1.29 is 14.7 Å². The molecule has 0 unspecified atom stereocenters. The highest BCUT2D eigenvalue weighted by atomic mass is 16.3. The van der Waals surface area contributed by atoms with Gasteiger partial charge in [0.15, 0.2) is 0 Å². The first kappa shape index (κ1) is 20.5. The summed E-state index contributed by atoms with van der Waals surface area (Å²) in [5.74, 6) is 0.673. The van der Waals surface area contributed by atoms with Crippen LogP contribution in [-0.4, -0.2) is 44.9 Å². The Hall–Kier alpha value is -2.84. The highest BCUT2D eigenvalue weighted by Gasteiger charge is 2.10. The Labute approximate surface area is 158 Å². The second kappa shape index (κ2) is 10.3. The molecule has 0 fully saturated rings. The number of pyridine rings is 2. The molecular weight excluding hydrogens is 346 g/mol. The standard InChI is InChI=1S/C19H25N5O3/c1-14(26)20-18-8-3-6-16(22-18)12-24(10-5-11-25)13-17-7-4-9-19(23-17)21-15(2)27/h3-4,6-9,25H,5,10-13H2,1-2H3,(H,20,22,26)(H,21,23,27). The van der Waals surface area contributed by atoms with Gasteiger partial charge in [0.25, 0.3) is 0 Å². The molecule has 2 amide bonds. The minimum atomic E-state index is -0.171. The van der Waals surface area contributed by atoms with E-state index in [4.69, 9.17) is 0 Å². The molecule has 8 nitrogen and oxygen atoms in total. The summed E-state index contributed by atoms with van der Waals surface area (Å²) < 4.78 is 0. The molecule has 0 atom stereocenters. The predicted molar refractivity (Wildman–Crippen MR) is 103 cm³/mol. The molecular formula is C19H25N5O3. The molecule has 0 saturated carbocycles. The maximum absolute atomic E-state index is 11.2. The summed E-state index contributed by atoms with van der Waals surface area (Å²) in [4.78, 5) is 33.4. The van der Waals surface area contributed by atoms with Gasteiger partial charge in [-0.3, -0.25) is 14.5 Å². The summed E-state index contributed by atoms with van der Waals surface area (Å²) in [5, 5.41) is 14.5. The van der Waals surface area contributed by atoms with Gasteiger partial charge in [-0.25, -0.2) is 9.97 Å². The van der Waals surface area contributed by atoms with Crippen molar-refractivity contribution in [3.05, 3.63) is 47.8 Å². The van der Waals surface area contributed by atoms with Gasteiger partial charge in [-0.2, -0.15) is 0 Å². The summed E-state index contributed by atoms with van der Waals surface area (Å²) in [6.45, 7) is 4.72. The lowest BCUT2D eigenvalue weighted by atomic mass is 10.2. The number of hydrogen-bond acceptors (Lipinski definition) is 6. The second-order valence-electron chi connectivity index (χ2n) is 6.18. The van der Waals surface area contributed by atoms with Gasteiger partial charge in [-0.05, 0) is 30.7 Å². The largest absolute Gasteiger partial charge is 0.396 e.